The van der Waals surface area contributed by atoms with Gasteiger partial charge in [-0.15, -0.1) is 0 Å². The van der Waals surface area contributed by atoms with E-state index in [1.54, 1.807) is 56.7 Å². The molecule has 6 nitrogen and oxygen atoms in total. The number of ether oxygens (including phenoxy) is 2. The summed E-state index contributed by atoms with van der Waals surface area (Å²) in [4.78, 5) is 24.2. The molecule has 7 heteroatoms. The van der Waals surface area contributed by atoms with Gasteiger partial charge in [-0.05, 0) is 42.8 Å². The molecule has 0 bridgehead atoms. The summed E-state index contributed by atoms with van der Waals surface area (Å²) in [5.41, 5.74) is 1.60. The second-order valence-corrected chi connectivity index (χ2v) is 6.29. The van der Waals surface area contributed by atoms with E-state index >= 15 is 0 Å². The van der Waals surface area contributed by atoms with Crippen molar-refractivity contribution in [2.24, 2.45) is 0 Å². The smallest absolute Gasteiger partial charge is 0.252 e. The third kappa shape index (κ3) is 5.76. The lowest BCUT2D eigenvalue weighted by atomic mass is 10.1. The van der Waals surface area contributed by atoms with Crippen LogP contribution in [-0.4, -0.2) is 32.6 Å². The number of hydrogen-bond donors (Lipinski definition) is 2. The third-order valence-electron chi connectivity index (χ3n) is 3.87. The highest BCUT2D eigenvalue weighted by Crippen LogP contribution is 2.26. The highest BCUT2D eigenvalue weighted by atomic mass is 35.5. The number of carbonyl (C=O) groups is 2. The van der Waals surface area contributed by atoms with Gasteiger partial charge >= 0.3 is 0 Å². The van der Waals surface area contributed by atoms with Gasteiger partial charge in [-0.3, -0.25) is 9.59 Å². The molecule has 0 aromatic heterocycles. The molecule has 0 spiro atoms. The van der Waals surface area contributed by atoms with Crippen molar-refractivity contribution in [1.29, 1.82) is 0 Å². The maximum absolute atomic E-state index is 12.2. The lowest BCUT2D eigenvalue weighted by molar-refractivity contribution is -0.111. The highest BCUT2D eigenvalue weighted by molar-refractivity contribution is 6.34. The molecule has 0 saturated heterocycles. The van der Waals surface area contributed by atoms with Crippen molar-refractivity contribution in [2.45, 2.75) is 13.3 Å². The average Bonchev–Trinajstić information content (AvgIpc) is 2.70. The summed E-state index contributed by atoms with van der Waals surface area (Å²) < 4.78 is 10.5. The van der Waals surface area contributed by atoms with Gasteiger partial charge in [0.15, 0.2) is 0 Å². The molecular weight excluding hydrogens is 380 g/mol. The minimum Gasteiger partial charge on any atom is -0.497 e. The van der Waals surface area contributed by atoms with Gasteiger partial charge in [-0.2, -0.15) is 0 Å². The molecule has 0 unspecified atom stereocenters. The van der Waals surface area contributed by atoms with E-state index in [4.69, 9.17) is 21.1 Å². The molecular formula is C21H23ClN2O4. The fourth-order valence-electron chi connectivity index (χ4n) is 2.42. The Labute approximate surface area is 169 Å². The first-order valence-electron chi connectivity index (χ1n) is 8.77. The number of benzene rings is 2. The maximum atomic E-state index is 12.2. The topological polar surface area (TPSA) is 76.7 Å². The number of anilines is 1. The molecule has 0 radical (unpaired) electrons. The molecule has 2 aromatic rings. The molecule has 0 atom stereocenters. The zero-order valence-electron chi connectivity index (χ0n) is 16.0. The minimum absolute atomic E-state index is 0.240. The van der Waals surface area contributed by atoms with Gasteiger partial charge in [0.1, 0.15) is 11.5 Å². The quantitative estimate of drug-likeness (QED) is 0.650. The Bertz CT molecular complexity index is 881. The number of methoxy groups -OCH3 is 2. The first kappa shape index (κ1) is 21.3. The van der Waals surface area contributed by atoms with Gasteiger partial charge in [0.05, 0.1) is 24.8 Å². The number of nitrogens with one attached hydrogen (secondary N) is 2. The molecule has 0 heterocycles. The second kappa shape index (κ2) is 10.4. The van der Waals surface area contributed by atoms with Crippen molar-refractivity contribution in [3.63, 3.8) is 0 Å². The second-order valence-electron chi connectivity index (χ2n) is 5.88. The van der Waals surface area contributed by atoms with E-state index < -0.39 is 0 Å². The van der Waals surface area contributed by atoms with Gasteiger partial charge in [0.25, 0.3) is 5.91 Å². The molecule has 2 N–H and O–H groups in total. The normalized spacial score (nSPS) is 10.6. The predicted octanol–water partition coefficient (Wildman–Crippen LogP) is 4.15. The first-order valence-corrected chi connectivity index (χ1v) is 9.15. The van der Waals surface area contributed by atoms with Crippen LogP contribution in [-0.2, 0) is 4.79 Å². The minimum atomic E-state index is -0.336. The Morgan fingerprint density at radius 3 is 2.54 bits per heavy atom. The van der Waals surface area contributed by atoms with Crippen LogP contribution < -0.4 is 20.1 Å². The largest absolute Gasteiger partial charge is 0.497 e. The number of rotatable bonds is 8. The molecule has 2 rings (SSSR count). The Kier molecular flexibility index (Phi) is 7.89. The summed E-state index contributed by atoms with van der Waals surface area (Å²) in [5.74, 6) is 0.679. The van der Waals surface area contributed by atoms with Crippen molar-refractivity contribution in [1.82, 2.24) is 5.32 Å². The van der Waals surface area contributed by atoms with Gasteiger partial charge < -0.3 is 20.1 Å². The van der Waals surface area contributed by atoms with E-state index in [-0.39, 0.29) is 16.8 Å². The fourth-order valence-corrected chi connectivity index (χ4v) is 2.68. The zero-order valence-corrected chi connectivity index (χ0v) is 16.8. The summed E-state index contributed by atoms with van der Waals surface area (Å²) in [6.45, 7) is 2.54. The standard InChI is InChI=1S/C21H23ClN2O4/c1-4-11-23-21(26)17-9-7-15(12-18(17)22)24-20(25)10-6-14-5-8-16(27-2)13-19(14)28-3/h5-10,12-13H,4,11H2,1-3H3,(H,23,26)(H,24,25)/b10-6+. The van der Waals surface area contributed by atoms with Gasteiger partial charge in [-0.25, -0.2) is 0 Å². The summed E-state index contributed by atoms with van der Waals surface area (Å²) in [6, 6.07) is 10.1. The van der Waals surface area contributed by atoms with Gasteiger partial charge in [0, 0.05) is 29.9 Å². The Hall–Kier alpha value is -2.99. The van der Waals surface area contributed by atoms with E-state index in [2.05, 4.69) is 10.6 Å². The van der Waals surface area contributed by atoms with Crippen molar-refractivity contribution in [3.05, 3.63) is 58.6 Å². The van der Waals surface area contributed by atoms with Crippen LogP contribution in [0.4, 0.5) is 5.69 Å². The Morgan fingerprint density at radius 1 is 1.11 bits per heavy atom. The molecule has 0 aliphatic carbocycles. The molecule has 28 heavy (non-hydrogen) atoms. The molecule has 0 fully saturated rings. The fraction of sp³-hybridized carbons (Fsp3) is 0.238. The molecule has 0 saturated carbocycles. The number of hydrogen-bond acceptors (Lipinski definition) is 4. The van der Waals surface area contributed by atoms with E-state index in [0.717, 1.165) is 12.0 Å². The van der Waals surface area contributed by atoms with Crippen LogP contribution >= 0.6 is 11.6 Å². The number of carbonyl (C=O) groups excluding carboxylic acids is 2. The van der Waals surface area contributed by atoms with Gasteiger partial charge in [-0.1, -0.05) is 18.5 Å². The summed E-state index contributed by atoms with van der Waals surface area (Å²) in [6.07, 6.45) is 3.87. The van der Waals surface area contributed by atoms with Crippen LogP contribution in [0.5, 0.6) is 11.5 Å². The van der Waals surface area contributed by atoms with E-state index in [1.165, 1.54) is 6.08 Å². The van der Waals surface area contributed by atoms with E-state index in [0.29, 0.717) is 29.3 Å². The van der Waals surface area contributed by atoms with Crippen LogP contribution in [0.3, 0.4) is 0 Å². The van der Waals surface area contributed by atoms with Crippen molar-refractivity contribution in [2.75, 3.05) is 26.1 Å². The third-order valence-corrected chi connectivity index (χ3v) is 4.18. The van der Waals surface area contributed by atoms with Gasteiger partial charge in [0.2, 0.25) is 5.91 Å². The van der Waals surface area contributed by atoms with Crippen LogP contribution in [0.15, 0.2) is 42.5 Å². The van der Waals surface area contributed by atoms with E-state index in [1.807, 2.05) is 6.92 Å². The van der Waals surface area contributed by atoms with Crippen LogP contribution in [0.1, 0.15) is 29.3 Å². The molecule has 0 aliphatic heterocycles. The van der Waals surface area contributed by atoms with Crippen molar-refractivity contribution >= 4 is 35.2 Å². The van der Waals surface area contributed by atoms with Crippen LogP contribution in [0.2, 0.25) is 5.02 Å². The predicted molar refractivity (Wildman–Crippen MR) is 111 cm³/mol. The molecule has 148 valence electrons. The molecule has 2 amide bonds. The molecule has 0 aliphatic rings. The van der Waals surface area contributed by atoms with Crippen LogP contribution in [0.25, 0.3) is 6.08 Å². The van der Waals surface area contributed by atoms with Crippen LogP contribution in [0, 0.1) is 0 Å². The highest BCUT2D eigenvalue weighted by Gasteiger charge is 2.11. The monoisotopic (exact) mass is 402 g/mol. The summed E-state index contributed by atoms with van der Waals surface area (Å²) in [5, 5.41) is 5.75. The van der Waals surface area contributed by atoms with E-state index in [9.17, 15) is 9.59 Å². The molecule has 2 aromatic carbocycles. The average molecular weight is 403 g/mol. The first-order chi connectivity index (χ1) is 13.5. The summed E-state index contributed by atoms with van der Waals surface area (Å²) in [7, 11) is 3.12. The van der Waals surface area contributed by atoms with Crippen molar-refractivity contribution < 1.29 is 19.1 Å². The lowest BCUT2D eigenvalue weighted by Crippen LogP contribution is -2.24. The summed E-state index contributed by atoms with van der Waals surface area (Å²) >= 11 is 6.17. The Morgan fingerprint density at radius 2 is 1.89 bits per heavy atom. The zero-order chi connectivity index (χ0) is 20.5. The number of amides is 2. The lowest BCUT2D eigenvalue weighted by Gasteiger charge is -2.09. The maximum Gasteiger partial charge on any atom is 0.252 e. The van der Waals surface area contributed by atoms with Crippen molar-refractivity contribution in [3.8, 4) is 11.5 Å². The number of halogens is 1. The Balaban J connectivity index is 2.06. The SMILES string of the molecule is CCCNC(=O)c1ccc(NC(=O)/C=C/c2ccc(OC)cc2OC)cc1Cl.